The van der Waals surface area contributed by atoms with E-state index in [9.17, 15) is 9.59 Å². The number of anilines is 1. The zero-order chi connectivity index (χ0) is 18.7. The molecule has 0 spiro atoms. The highest BCUT2D eigenvalue weighted by molar-refractivity contribution is 6.05. The molecule has 0 aromatic heterocycles. The zero-order valence-electron chi connectivity index (χ0n) is 15.4. The van der Waals surface area contributed by atoms with Gasteiger partial charge in [0.05, 0.1) is 0 Å². The second kappa shape index (κ2) is 7.20. The maximum Gasteiger partial charge on any atom is 0.410 e. The first-order valence-electron chi connectivity index (χ1n) is 8.78. The Morgan fingerprint density at radius 3 is 2.46 bits per heavy atom. The normalized spacial score (nSPS) is 13.7. The van der Waals surface area contributed by atoms with E-state index in [0.717, 1.165) is 16.8 Å². The molecular weight excluding hydrogens is 328 g/mol. The number of nitrogens with one attached hydrogen (secondary N) is 1. The molecule has 0 aliphatic carbocycles. The minimum Gasteiger partial charge on any atom is -0.444 e. The van der Waals surface area contributed by atoms with Crippen LogP contribution in [0.1, 0.15) is 42.3 Å². The average molecular weight is 352 g/mol. The molecule has 1 N–H and O–H groups in total. The Kier molecular flexibility index (Phi) is 4.98. The van der Waals surface area contributed by atoms with E-state index in [0.29, 0.717) is 25.1 Å². The summed E-state index contributed by atoms with van der Waals surface area (Å²) in [5.41, 5.74) is 2.90. The molecule has 0 radical (unpaired) electrons. The summed E-state index contributed by atoms with van der Waals surface area (Å²) in [4.78, 5) is 26.7. The van der Waals surface area contributed by atoms with Gasteiger partial charge in [-0.2, -0.15) is 0 Å². The number of para-hydroxylation sites is 1. The SMILES string of the molecule is CC(C)(C)OC(=O)N1CCc2c(cccc2C(=O)Nc2ccccc2)C1. The summed E-state index contributed by atoms with van der Waals surface area (Å²) < 4.78 is 5.46. The van der Waals surface area contributed by atoms with Gasteiger partial charge in [0.2, 0.25) is 0 Å². The molecule has 5 heteroatoms. The van der Waals surface area contributed by atoms with Crippen molar-refractivity contribution in [3.05, 3.63) is 65.2 Å². The fraction of sp³-hybridized carbons (Fsp3) is 0.333. The molecule has 1 aliphatic rings. The number of carbonyl (C=O) groups is 2. The fourth-order valence-corrected chi connectivity index (χ4v) is 3.02. The third-order valence-electron chi connectivity index (χ3n) is 4.19. The zero-order valence-corrected chi connectivity index (χ0v) is 15.4. The molecule has 5 nitrogen and oxygen atoms in total. The highest BCUT2D eigenvalue weighted by Gasteiger charge is 2.27. The topological polar surface area (TPSA) is 58.6 Å². The predicted octanol–water partition coefficient (Wildman–Crippen LogP) is 4.23. The van der Waals surface area contributed by atoms with Gasteiger partial charge >= 0.3 is 6.09 Å². The number of nitrogens with zero attached hydrogens (tertiary/aromatic N) is 1. The quantitative estimate of drug-likeness (QED) is 0.880. The maximum absolute atomic E-state index is 12.7. The van der Waals surface area contributed by atoms with Gasteiger partial charge in [-0.05, 0) is 56.5 Å². The number of amides is 2. The van der Waals surface area contributed by atoms with Gasteiger partial charge in [-0.15, -0.1) is 0 Å². The molecule has 1 aliphatic heterocycles. The van der Waals surface area contributed by atoms with Crippen molar-refractivity contribution in [1.82, 2.24) is 4.90 Å². The Morgan fingerprint density at radius 1 is 1.04 bits per heavy atom. The van der Waals surface area contributed by atoms with Crippen LogP contribution in [-0.4, -0.2) is 29.0 Å². The number of fused-ring (bicyclic) bond motifs is 1. The smallest absolute Gasteiger partial charge is 0.410 e. The standard InChI is InChI=1S/C21H24N2O3/c1-21(2,3)26-20(25)23-13-12-17-15(14-23)8-7-11-18(17)19(24)22-16-9-5-4-6-10-16/h4-11H,12-14H2,1-3H3,(H,22,24). The summed E-state index contributed by atoms with van der Waals surface area (Å²) in [6, 6.07) is 15.0. The summed E-state index contributed by atoms with van der Waals surface area (Å²) in [5, 5.41) is 2.93. The first-order valence-corrected chi connectivity index (χ1v) is 8.78. The monoisotopic (exact) mass is 352 g/mol. The van der Waals surface area contributed by atoms with Crippen LogP contribution in [-0.2, 0) is 17.7 Å². The largest absolute Gasteiger partial charge is 0.444 e. The summed E-state index contributed by atoms with van der Waals surface area (Å²) >= 11 is 0. The van der Waals surface area contributed by atoms with Crippen LogP contribution in [0.2, 0.25) is 0 Å². The Bertz CT molecular complexity index is 810. The maximum atomic E-state index is 12.7. The average Bonchev–Trinajstić information content (AvgIpc) is 2.60. The second-order valence-electron chi connectivity index (χ2n) is 7.42. The van der Waals surface area contributed by atoms with Crippen molar-refractivity contribution in [1.29, 1.82) is 0 Å². The van der Waals surface area contributed by atoms with Crippen LogP contribution in [0.3, 0.4) is 0 Å². The van der Waals surface area contributed by atoms with Crippen molar-refractivity contribution in [2.45, 2.75) is 39.3 Å². The molecule has 2 aromatic rings. The minimum absolute atomic E-state index is 0.126. The third-order valence-corrected chi connectivity index (χ3v) is 4.19. The van der Waals surface area contributed by atoms with Gasteiger partial charge in [0.1, 0.15) is 5.60 Å². The van der Waals surface area contributed by atoms with Gasteiger partial charge in [0.15, 0.2) is 0 Å². The molecular formula is C21H24N2O3. The first-order chi connectivity index (χ1) is 12.3. The lowest BCUT2D eigenvalue weighted by molar-refractivity contribution is 0.0224. The Morgan fingerprint density at radius 2 is 1.77 bits per heavy atom. The van der Waals surface area contributed by atoms with E-state index in [4.69, 9.17) is 4.74 Å². The molecule has 2 aromatic carbocycles. The molecule has 2 amide bonds. The molecule has 0 fully saturated rings. The van der Waals surface area contributed by atoms with E-state index >= 15 is 0 Å². The first kappa shape index (κ1) is 18.0. The Labute approximate surface area is 154 Å². The van der Waals surface area contributed by atoms with E-state index in [2.05, 4.69) is 5.32 Å². The van der Waals surface area contributed by atoms with Crippen LogP contribution in [0, 0.1) is 0 Å². The van der Waals surface area contributed by atoms with Gasteiger partial charge < -0.3 is 15.0 Å². The lowest BCUT2D eigenvalue weighted by Crippen LogP contribution is -2.40. The molecule has 3 rings (SSSR count). The van der Waals surface area contributed by atoms with E-state index in [1.807, 2.05) is 69.3 Å². The predicted molar refractivity (Wildman–Crippen MR) is 101 cm³/mol. The number of carbonyl (C=O) groups excluding carboxylic acids is 2. The van der Waals surface area contributed by atoms with E-state index in [1.54, 1.807) is 4.90 Å². The van der Waals surface area contributed by atoms with Crippen molar-refractivity contribution in [2.75, 3.05) is 11.9 Å². The van der Waals surface area contributed by atoms with E-state index < -0.39 is 5.60 Å². The van der Waals surface area contributed by atoms with Crippen LogP contribution in [0.25, 0.3) is 0 Å². The molecule has 0 saturated carbocycles. The highest BCUT2D eigenvalue weighted by Crippen LogP contribution is 2.25. The van der Waals surface area contributed by atoms with Crippen LogP contribution in [0.15, 0.2) is 48.5 Å². The van der Waals surface area contributed by atoms with Crippen molar-refractivity contribution < 1.29 is 14.3 Å². The van der Waals surface area contributed by atoms with Crippen molar-refractivity contribution in [3.63, 3.8) is 0 Å². The van der Waals surface area contributed by atoms with Gasteiger partial charge in [0, 0.05) is 24.3 Å². The van der Waals surface area contributed by atoms with Crippen molar-refractivity contribution in [2.24, 2.45) is 0 Å². The van der Waals surface area contributed by atoms with Gasteiger partial charge in [0.25, 0.3) is 5.91 Å². The summed E-state index contributed by atoms with van der Waals surface area (Å²) in [7, 11) is 0. The minimum atomic E-state index is -0.519. The van der Waals surface area contributed by atoms with Crippen LogP contribution in [0.4, 0.5) is 10.5 Å². The molecule has 0 bridgehead atoms. The summed E-state index contributed by atoms with van der Waals surface area (Å²) in [6.45, 7) is 6.56. The lowest BCUT2D eigenvalue weighted by Gasteiger charge is -2.32. The van der Waals surface area contributed by atoms with Crippen LogP contribution >= 0.6 is 0 Å². The molecule has 1 heterocycles. The van der Waals surface area contributed by atoms with Crippen molar-refractivity contribution >= 4 is 17.7 Å². The van der Waals surface area contributed by atoms with E-state index in [1.165, 1.54) is 0 Å². The summed E-state index contributed by atoms with van der Waals surface area (Å²) in [5.74, 6) is -0.126. The van der Waals surface area contributed by atoms with Gasteiger partial charge in [-0.25, -0.2) is 4.79 Å². The fourth-order valence-electron chi connectivity index (χ4n) is 3.02. The van der Waals surface area contributed by atoms with E-state index in [-0.39, 0.29) is 12.0 Å². The second-order valence-corrected chi connectivity index (χ2v) is 7.42. The number of hydrogen-bond acceptors (Lipinski definition) is 3. The summed E-state index contributed by atoms with van der Waals surface area (Å²) in [6.07, 6.45) is 0.315. The Hall–Kier alpha value is -2.82. The van der Waals surface area contributed by atoms with Crippen LogP contribution in [0.5, 0.6) is 0 Å². The number of rotatable bonds is 2. The molecule has 26 heavy (non-hydrogen) atoms. The lowest BCUT2D eigenvalue weighted by atomic mass is 9.94. The van der Waals surface area contributed by atoms with Gasteiger partial charge in [-0.1, -0.05) is 30.3 Å². The molecule has 0 saturated heterocycles. The third kappa shape index (κ3) is 4.23. The number of ether oxygens (including phenoxy) is 1. The number of hydrogen-bond donors (Lipinski definition) is 1. The van der Waals surface area contributed by atoms with Crippen LogP contribution < -0.4 is 5.32 Å². The molecule has 0 atom stereocenters. The van der Waals surface area contributed by atoms with Gasteiger partial charge in [-0.3, -0.25) is 4.79 Å². The Balaban J connectivity index is 1.76. The highest BCUT2D eigenvalue weighted by atomic mass is 16.6. The van der Waals surface area contributed by atoms with Crippen molar-refractivity contribution in [3.8, 4) is 0 Å². The molecule has 136 valence electrons. The molecule has 0 unspecified atom stereocenters. The number of benzene rings is 2.